The van der Waals surface area contributed by atoms with Crippen molar-refractivity contribution >= 4 is 17.7 Å². The Balaban J connectivity index is 1.77. The second-order valence-corrected chi connectivity index (χ2v) is 13.4. The molecule has 4 atom stereocenters. The SMILES string of the molecule is COc1ccc(-c2cc(C)c(C)c(C(=O)O)n2)c(C)c1[C@H]1C2=C(CC(C)(C)CC2=O)O[C@H]2C[C@@H](C(C)C)N(C)C(=O)[C@@H]21. The summed E-state index contributed by atoms with van der Waals surface area (Å²) in [6, 6.07) is 5.63. The number of hydrogen-bond acceptors (Lipinski definition) is 6. The lowest BCUT2D eigenvalue weighted by Gasteiger charge is -2.51. The van der Waals surface area contributed by atoms with Crippen LogP contribution in [0.2, 0.25) is 0 Å². The topological polar surface area (TPSA) is 106 Å². The number of ether oxygens (including phenoxy) is 2. The lowest BCUT2D eigenvalue weighted by molar-refractivity contribution is -0.154. The van der Waals surface area contributed by atoms with Crippen LogP contribution in [-0.4, -0.2) is 59.0 Å². The predicted molar refractivity (Wildman–Crippen MR) is 160 cm³/mol. The molecule has 8 heteroatoms. The van der Waals surface area contributed by atoms with Crippen molar-refractivity contribution < 1.29 is 29.0 Å². The number of methoxy groups -OCH3 is 1. The Morgan fingerprint density at radius 3 is 2.45 bits per heavy atom. The Bertz CT molecular complexity index is 1520. The fraction of sp³-hybridized carbons (Fsp3) is 0.529. The summed E-state index contributed by atoms with van der Waals surface area (Å²) in [5, 5.41) is 9.83. The molecule has 2 aliphatic heterocycles. The van der Waals surface area contributed by atoms with Gasteiger partial charge in [0.1, 0.15) is 17.6 Å². The van der Waals surface area contributed by atoms with Crippen molar-refractivity contribution in [3.8, 4) is 17.0 Å². The van der Waals surface area contributed by atoms with Crippen molar-refractivity contribution in [1.29, 1.82) is 0 Å². The van der Waals surface area contributed by atoms with E-state index in [2.05, 4.69) is 32.7 Å². The van der Waals surface area contributed by atoms with Crippen molar-refractivity contribution in [2.24, 2.45) is 17.3 Å². The number of rotatable bonds is 5. The average Bonchev–Trinajstić information content (AvgIpc) is 2.89. The standard InChI is InChI=1S/C34H42N2O6/c1-16(2)22-13-25-29(32(38)36(22)8)30(28-23(37)14-34(6,7)15-26(28)42-25)27-19(5)20(10-11-24(27)41-9)21-12-17(3)18(4)31(35-21)33(39)40/h10-12,16,22,25,29-30H,13-15H2,1-9H3,(H,39,40)/t22-,25-,29-,30-/m0/s1. The Hall–Kier alpha value is -3.68. The molecule has 1 aromatic carbocycles. The molecule has 0 spiro atoms. The van der Waals surface area contributed by atoms with Crippen LogP contribution < -0.4 is 4.74 Å². The number of carboxylic acid groups (broad SMARTS) is 1. The van der Waals surface area contributed by atoms with Crippen LogP contribution >= 0.6 is 0 Å². The fourth-order valence-electron chi connectivity index (χ4n) is 7.34. The molecule has 42 heavy (non-hydrogen) atoms. The van der Waals surface area contributed by atoms with Gasteiger partial charge in [-0.2, -0.15) is 0 Å². The molecule has 3 aliphatic rings. The number of amides is 1. The zero-order chi connectivity index (χ0) is 30.8. The number of nitrogens with zero attached hydrogens (tertiary/aromatic N) is 2. The number of pyridine rings is 1. The first kappa shape index (κ1) is 29.8. The summed E-state index contributed by atoms with van der Waals surface area (Å²) in [6.45, 7) is 14.0. The summed E-state index contributed by atoms with van der Waals surface area (Å²) in [5.74, 6) is -0.775. The van der Waals surface area contributed by atoms with Gasteiger partial charge in [0, 0.05) is 55.0 Å². The largest absolute Gasteiger partial charge is 0.496 e. The number of Topliss-reactive ketones (excluding diaryl/α,β-unsaturated/α-hetero) is 1. The van der Waals surface area contributed by atoms with Gasteiger partial charge in [-0.25, -0.2) is 9.78 Å². The first-order chi connectivity index (χ1) is 19.7. The summed E-state index contributed by atoms with van der Waals surface area (Å²) < 4.78 is 12.6. The van der Waals surface area contributed by atoms with Gasteiger partial charge < -0.3 is 19.5 Å². The highest BCUT2D eigenvalue weighted by molar-refractivity contribution is 6.01. The van der Waals surface area contributed by atoms with Crippen LogP contribution in [-0.2, 0) is 14.3 Å². The van der Waals surface area contributed by atoms with Crippen molar-refractivity contribution in [3.05, 3.63) is 57.5 Å². The summed E-state index contributed by atoms with van der Waals surface area (Å²) in [6.07, 6.45) is 1.28. The van der Waals surface area contributed by atoms with Crippen LogP contribution in [0.15, 0.2) is 29.5 Å². The van der Waals surface area contributed by atoms with E-state index in [1.165, 1.54) is 0 Å². The van der Waals surface area contributed by atoms with Crippen molar-refractivity contribution in [2.75, 3.05) is 14.2 Å². The average molecular weight is 575 g/mol. The summed E-state index contributed by atoms with van der Waals surface area (Å²) in [5.41, 5.74) is 4.58. The van der Waals surface area contributed by atoms with Gasteiger partial charge in [-0.1, -0.05) is 27.7 Å². The maximum Gasteiger partial charge on any atom is 0.354 e. The van der Waals surface area contributed by atoms with Crippen LogP contribution in [0.4, 0.5) is 0 Å². The quantitative estimate of drug-likeness (QED) is 0.466. The zero-order valence-corrected chi connectivity index (χ0v) is 26.1. The number of carbonyl (C=O) groups excluding carboxylic acids is 2. The molecule has 2 aromatic rings. The number of piperidine rings is 1. The number of benzene rings is 1. The van der Waals surface area contributed by atoms with Gasteiger partial charge in [-0.15, -0.1) is 0 Å². The van der Waals surface area contributed by atoms with E-state index in [0.717, 1.165) is 22.3 Å². The van der Waals surface area contributed by atoms with Crippen LogP contribution in [0.3, 0.4) is 0 Å². The van der Waals surface area contributed by atoms with Gasteiger partial charge in [0.15, 0.2) is 11.5 Å². The minimum absolute atomic E-state index is 0.00420. The van der Waals surface area contributed by atoms with Crippen molar-refractivity contribution in [2.45, 2.75) is 85.8 Å². The number of likely N-dealkylation sites (tertiary alicyclic amines) is 1. The Labute approximate surface area is 248 Å². The molecule has 0 unspecified atom stereocenters. The number of fused-ring (bicyclic) bond motifs is 1. The number of allylic oxidation sites excluding steroid dienone is 2. The summed E-state index contributed by atoms with van der Waals surface area (Å²) >= 11 is 0. The number of aryl methyl sites for hydroxylation is 1. The van der Waals surface area contributed by atoms with Crippen LogP contribution in [0.25, 0.3) is 11.3 Å². The highest BCUT2D eigenvalue weighted by atomic mass is 16.5. The Morgan fingerprint density at radius 1 is 1.14 bits per heavy atom. The molecule has 1 fully saturated rings. The lowest BCUT2D eigenvalue weighted by atomic mass is 9.64. The molecule has 5 rings (SSSR count). The number of aromatic carboxylic acids is 1. The number of ketones is 1. The summed E-state index contributed by atoms with van der Waals surface area (Å²) in [7, 11) is 3.44. The minimum atomic E-state index is -1.09. The van der Waals surface area contributed by atoms with Gasteiger partial charge in [-0.3, -0.25) is 9.59 Å². The first-order valence-electron chi connectivity index (χ1n) is 14.8. The van der Waals surface area contributed by atoms with Crippen LogP contribution in [0.5, 0.6) is 5.75 Å². The van der Waals surface area contributed by atoms with Crippen LogP contribution in [0, 0.1) is 38.0 Å². The Kier molecular flexibility index (Phi) is 7.48. The molecular weight excluding hydrogens is 532 g/mol. The molecular formula is C34H42N2O6. The van der Waals surface area contributed by atoms with E-state index >= 15 is 0 Å². The first-order valence-corrected chi connectivity index (χ1v) is 14.8. The predicted octanol–water partition coefficient (Wildman–Crippen LogP) is 6.01. The van der Waals surface area contributed by atoms with Crippen LogP contribution in [0.1, 0.15) is 85.6 Å². The highest BCUT2D eigenvalue weighted by Crippen LogP contribution is 2.54. The molecule has 1 aromatic heterocycles. The zero-order valence-electron chi connectivity index (χ0n) is 26.1. The lowest BCUT2D eigenvalue weighted by Crippen LogP contribution is -2.58. The van der Waals surface area contributed by atoms with E-state index in [9.17, 15) is 19.5 Å². The maximum absolute atomic E-state index is 14.2. The monoisotopic (exact) mass is 574 g/mol. The van der Waals surface area contributed by atoms with Gasteiger partial charge >= 0.3 is 5.97 Å². The van der Waals surface area contributed by atoms with E-state index in [1.54, 1.807) is 14.0 Å². The fourth-order valence-corrected chi connectivity index (χ4v) is 7.34. The third-order valence-corrected chi connectivity index (χ3v) is 9.63. The molecule has 224 valence electrons. The van der Waals surface area contributed by atoms with Gasteiger partial charge in [0.25, 0.3) is 0 Å². The Morgan fingerprint density at radius 2 is 1.83 bits per heavy atom. The number of carboxylic acids is 1. The van der Waals surface area contributed by atoms with E-state index < -0.39 is 17.8 Å². The second kappa shape index (κ2) is 10.5. The van der Waals surface area contributed by atoms with Crippen molar-refractivity contribution in [1.82, 2.24) is 9.88 Å². The molecule has 1 saturated heterocycles. The molecule has 8 nitrogen and oxygen atoms in total. The van der Waals surface area contributed by atoms with E-state index in [4.69, 9.17) is 9.47 Å². The van der Waals surface area contributed by atoms with E-state index in [1.807, 2.05) is 44.0 Å². The van der Waals surface area contributed by atoms with Crippen molar-refractivity contribution in [3.63, 3.8) is 0 Å². The molecule has 0 radical (unpaired) electrons. The number of aromatic nitrogens is 1. The molecule has 0 saturated carbocycles. The normalized spacial score (nSPS) is 25.2. The minimum Gasteiger partial charge on any atom is -0.496 e. The van der Waals surface area contributed by atoms with E-state index in [0.29, 0.717) is 47.6 Å². The molecule has 1 N–H and O–H groups in total. The number of hydrogen-bond donors (Lipinski definition) is 1. The second-order valence-electron chi connectivity index (χ2n) is 13.4. The molecule has 1 amide bonds. The third-order valence-electron chi connectivity index (χ3n) is 9.63. The maximum atomic E-state index is 14.2. The molecule has 3 heterocycles. The number of carbonyl (C=O) groups is 3. The van der Waals surface area contributed by atoms with E-state index in [-0.39, 0.29) is 40.9 Å². The molecule has 1 aliphatic carbocycles. The molecule has 0 bridgehead atoms. The highest BCUT2D eigenvalue weighted by Gasteiger charge is 2.55. The smallest absolute Gasteiger partial charge is 0.354 e. The van der Waals surface area contributed by atoms with Gasteiger partial charge in [-0.05, 0) is 67.0 Å². The van der Waals surface area contributed by atoms with Gasteiger partial charge in [0.05, 0.1) is 18.7 Å². The van der Waals surface area contributed by atoms with Gasteiger partial charge in [0.2, 0.25) is 5.91 Å². The summed E-state index contributed by atoms with van der Waals surface area (Å²) in [4.78, 5) is 46.6. The third kappa shape index (κ3) is 4.78.